The van der Waals surface area contributed by atoms with Gasteiger partial charge < -0.3 is 14.8 Å². The lowest BCUT2D eigenvalue weighted by Crippen LogP contribution is -2.09. The first-order valence-corrected chi connectivity index (χ1v) is 7.19. The molecule has 0 radical (unpaired) electrons. The summed E-state index contributed by atoms with van der Waals surface area (Å²) in [6.07, 6.45) is 0.779. The van der Waals surface area contributed by atoms with Crippen LogP contribution in [0, 0.1) is 6.92 Å². The van der Waals surface area contributed by atoms with E-state index in [9.17, 15) is 0 Å². The molecule has 0 spiro atoms. The summed E-state index contributed by atoms with van der Waals surface area (Å²) in [5.41, 5.74) is 2.88. The summed E-state index contributed by atoms with van der Waals surface area (Å²) in [4.78, 5) is 17.7. The van der Waals surface area contributed by atoms with Crippen LogP contribution >= 0.6 is 11.3 Å². The second kappa shape index (κ2) is 6.99. The highest BCUT2D eigenvalue weighted by molar-refractivity contribution is 7.09. The van der Waals surface area contributed by atoms with Crippen LogP contribution in [-0.2, 0) is 6.42 Å². The third kappa shape index (κ3) is 3.77. The smallest absolute Gasteiger partial charge is 0.324 e. The van der Waals surface area contributed by atoms with Crippen LogP contribution in [0.3, 0.4) is 0 Å². The topological polar surface area (TPSA) is 82.0 Å². The summed E-state index contributed by atoms with van der Waals surface area (Å²) in [5, 5.41) is 2.85. The predicted octanol–water partition coefficient (Wildman–Crippen LogP) is 1.70. The molecule has 0 aliphatic carbocycles. The summed E-state index contributed by atoms with van der Waals surface area (Å²) >= 11 is 1.62. The second-order valence-corrected chi connectivity index (χ2v) is 4.81. The fourth-order valence-electron chi connectivity index (χ4n) is 1.51. The lowest BCUT2D eigenvalue weighted by molar-refractivity contribution is 0.272. The molecule has 1 N–H and O–H groups in total. The monoisotopic (exact) mass is 295 g/mol. The summed E-state index contributed by atoms with van der Waals surface area (Å²) in [7, 11) is 1.73. The molecule has 0 aliphatic heterocycles. The Kier molecular flexibility index (Phi) is 5.05. The van der Waals surface area contributed by atoms with E-state index in [1.165, 1.54) is 4.88 Å². The summed E-state index contributed by atoms with van der Waals surface area (Å²) in [6, 6.07) is 0.519. The Hall–Kier alpha value is -1.96. The number of nitrogens with one attached hydrogen (secondary N) is 1. The first-order valence-electron chi connectivity index (χ1n) is 6.31. The van der Waals surface area contributed by atoms with Crippen molar-refractivity contribution in [2.24, 2.45) is 0 Å². The third-order valence-corrected chi connectivity index (χ3v) is 3.49. The molecule has 0 amide bonds. The number of hydrogen-bond acceptors (Lipinski definition) is 8. The van der Waals surface area contributed by atoms with E-state index in [0.29, 0.717) is 19.2 Å². The van der Waals surface area contributed by atoms with E-state index in [0.717, 1.165) is 12.1 Å². The molecule has 2 heterocycles. The van der Waals surface area contributed by atoms with E-state index in [-0.39, 0.29) is 12.0 Å². The molecule has 7 nitrogen and oxygen atoms in total. The summed E-state index contributed by atoms with van der Waals surface area (Å²) < 4.78 is 10.8. The second-order valence-electron chi connectivity index (χ2n) is 3.87. The van der Waals surface area contributed by atoms with Crippen molar-refractivity contribution < 1.29 is 9.47 Å². The quantitative estimate of drug-likeness (QED) is 0.832. The van der Waals surface area contributed by atoms with Crippen molar-refractivity contribution in [3.63, 3.8) is 0 Å². The average Bonchev–Trinajstić information content (AvgIpc) is 2.84. The molecule has 108 valence electrons. The number of aryl methyl sites for hydroxylation is 1. The Labute approximate surface area is 121 Å². The van der Waals surface area contributed by atoms with Gasteiger partial charge in [0.25, 0.3) is 0 Å². The Morgan fingerprint density at radius 3 is 2.55 bits per heavy atom. The van der Waals surface area contributed by atoms with Crippen LogP contribution in [0.25, 0.3) is 0 Å². The molecule has 0 fully saturated rings. The van der Waals surface area contributed by atoms with Crippen molar-refractivity contribution >= 4 is 17.3 Å². The molecule has 2 aromatic rings. The van der Waals surface area contributed by atoms with E-state index in [1.807, 2.05) is 19.4 Å². The van der Waals surface area contributed by atoms with Gasteiger partial charge in [-0.05, 0) is 13.8 Å². The zero-order valence-electron chi connectivity index (χ0n) is 11.7. The number of hydrogen-bond donors (Lipinski definition) is 1. The van der Waals surface area contributed by atoms with Crippen LogP contribution in [0.2, 0.25) is 0 Å². The Balaban J connectivity index is 1.97. The minimum atomic E-state index is 0.259. The number of anilines is 1. The van der Waals surface area contributed by atoms with Gasteiger partial charge in [0.05, 0.1) is 24.4 Å². The van der Waals surface area contributed by atoms with E-state index in [1.54, 1.807) is 18.4 Å². The first-order chi connectivity index (χ1) is 9.72. The highest BCUT2D eigenvalue weighted by Crippen LogP contribution is 2.15. The van der Waals surface area contributed by atoms with Crippen LogP contribution in [0.1, 0.15) is 17.5 Å². The molecule has 2 aromatic heterocycles. The molecule has 0 saturated heterocycles. The standard InChI is InChI=1S/C12H17N5O2S/c1-4-18-11-15-10(13-3)16-12(17-11)19-6-5-9-8(2)14-7-20-9/h7H,4-6H2,1-3H3,(H,13,15,16,17). The highest BCUT2D eigenvalue weighted by atomic mass is 32.1. The van der Waals surface area contributed by atoms with E-state index in [2.05, 4.69) is 25.3 Å². The summed E-state index contributed by atoms with van der Waals surface area (Å²) in [5.74, 6) is 0.424. The molecular weight excluding hydrogens is 278 g/mol. The van der Waals surface area contributed by atoms with Gasteiger partial charge in [-0.25, -0.2) is 4.98 Å². The number of aromatic nitrogens is 4. The van der Waals surface area contributed by atoms with Crippen LogP contribution in [0.15, 0.2) is 5.51 Å². The van der Waals surface area contributed by atoms with Gasteiger partial charge in [0.15, 0.2) is 0 Å². The number of rotatable bonds is 7. The van der Waals surface area contributed by atoms with Crippen molar-refractivity contribution in [3.8, 4) is 12.0 Å². The zero-order valence-corrected chi connectivity index (χ0v) is 12.5. The molecule has 0 aliphatic rings. The Morgan fingerprint density at radius 1 is 1.20 bits per heavy atom. The first kappa shape index (κ1) is 14.4. The van der Waals surface area contributed by atoms with Crippen LogP contribution in [0.5, 0.6) is 12.0 Å². The van der Waals surface area contributed by atoms with E-state index < -0.39 is 0 Å². The molecule has 2 rings (SSSR count). The molecule has 8 heteroatoms. The third-order valence-electron chi connectivity index (χ3n) is 2.50. The molecule has 0 aromatic carbocycles. The molecular formula is C12H17N5O2S. The van der Waals surface area contributed by atoms with Crippen molar-refractivity contribution in [1.82, 2.24) is 19.9 Å². The lowest BCUT2D eigenvalue weighted by atomic mass is 10.3. The molecule has 20 heavy (non-hydrogen) atoms. The van der Waals surface area contributed by atoms with Crippen molar-refractivity contribution in [3.05, 3.63) is 16.1 Å². The maximum atomic E-state index is 5.56. The van der Waals surface area contributed by atoms with Gasteiger partial charge in [0.2, 0.25) is 5.95 Å². The average molecular weight is 295 g/mol. The van der Waals surface area contributed by atoms with Gasteiger partial charge in [0.1, 0.15) is 0 Å². The number of ether oxygens (including phenoxy) is 2. The van der Waals surface area contributed by atoms with Gasteiger partial charge in [0, 0.05) is 18.3 Å². The molecule has 0 atom stereocenters. The molecule has 0 saturated carbocycles. The van der Waals surface area contributed by atoms with Gasteiger partial charge in [-0.2, -0.15) is 9.97 Å². The lowest BCUT2D eigenvalue weighted by Gasteiger charge is -2.07. The predicted molar refractivity (Wildman–Crippen MR) is 76.6 cm³/mol. The Bertz CT molecular complexity index is 561. The summed E-state index contributed by atoms with van der Waals surface area (Å²) in [6.45, 7) is 4.84. The van der Waals surface area contributed by atoms with Gasteiger partial charge >= 0.3 is 12.0 Å². The van der Waals surface area contributed by atoms with E-state index >= 15 is 0 Å². The minimum Gasteiger partial charge on any atom is -0.464 e. The maximum Gasteiger partial charge on any atom is 0.324 e. The zero-order chi connectivity index (χ0) is 14.4. The van der Waals surface area contributed by atoms with E-state index in [4.69, 9.17) is 9.47 Å². The highest BCUT2D eigenvalue weighted by Gasteiger charge is 2.08. The number of thiazole rings is 1. The molecule has 0 bridgehead atoms. The van der Waals surface area contributed by atoms with Crippen LogP contribution in [0.4, 0.5) is 5.95 Å². The van der Waals surface area contributed by atoms with Crippen molar-refractivity contribution in [1.29, 1.82) is 0 Å². The Morgan fingerprint density at radius 2 is 1.95 bits per heavy atom. The number of nitrogens with zero attached hydrogens (tertiary/aromatic N) is 4. The fraction of sp³-hybridized carbons (Fsp3) is 0.500. The largest absolute Gasteiger partial charge is 0.464 e. The van der Waals surface area contributed by atoms with Crippen LogP contribution < -0.4 is 14.8 Å². The normalized spacial score (nSPS) is 10.3. The SMILES string of the molecule is CCOc1nc(NC)nc(OCCc2scnc2C)n1. The maximum absolute atomic E-state index is 5.56. The van der Waals surface area contributed by atoms with Crippen molar-refractivity contribution in [2.45, 2.75) is 20.3 Å². The minimum absolute atomic E-state index is 0.259. The van der Waals surface area contributed by atoms with Crippen molar-refractivity contribution in [2.75, 3.05) is 25.6 Å². The van der Waals surface area contributed by atoms with Crippen LogP contribution in [-0.4, -0.2) is 40.2 Å². The van der Waals surface area contributed by atoms with Gasteiger partial charge in [-0.3, -0.25) is 0 Å². The van der Waals surface area contributed by atoms with Gasteiger partial charge in [-0.1, -0.05) is 0 Å². The fourth-order valence-corrected chi connectivity index (χ4v) is 2.27. The molecule has 0 unspecified atom stereocenters. The van der Waals surface area contributed by atoms with Gasteiger partial charge in [-0.15, -0.1) is 16.3 Å².